The van der Waals surface area contributed by atoms with Crippen LogP contribution in [0.5, 0.6) is 0 Å². The van der Waals surface area contributed by atoms with E-state index in [9.17, 15) is 0 Å². The van der Waals surface area contributed by atoms with Crippen LogP contribution in [0.15, 0.2) is 46.9 Å². The smallest absolute Gasteiger partial charge is 0.100 e. The number of hydrogen-bond donors (Lipinski definition) is 1. The van der Waals surface area contributed by atoms with Gasteiger partial charge < -0.3 is 5.32 Å². The summed E-state index contributed by atoms with van der Waals surface area (Å²) in [5.41, 5.74) is 2.94. The summed E-state index contributed by atoms with van der Waals surface area (Å²) in [5, 5.41) is 12.5. The molecular weight excluding hydrogens is 228 g/mol. The van der Waals surface area contributed by atoms with Gasteiger partial charge in [0, 0.05) is 17.1 Å². The molecule has 2 nitrogen and oxygen atoms in total. The first-order valence-corrected chi connectivity index (χ1v) is 6.60. The summed E-state index contributed by atoms with van der Waals surface area (Å²) in [4.78, 5) is 1.13. The largest absolute Gasteiger partial charge is 0.380 e. The zero-order chi connectivity index (χ0) is 12.1. The van der Waals surface area contributed by atoms with E-state index < -0.39 is 0 Å². The number of hydrogen-bond acceptors (Lipinski definition) is 3. The molecule has 0 aliphatic carbocycles. The van der Waals surface area contributed by atoms with Crippen LogP contribution in [-0.4, -0.2) is 12.3 Å². The second kappa shape index (κ2) is 5.60. The number of thioether (sulfide) groups is 1. The van der Waals surface area contributed by atoms with Gasteiger partial charge in [0.25, 0.3) is 0 Å². The second-order valence-corrected chi connectivity index (χ2v) is 5.02. The number of rotatable bonds is 3. The third-order valence-corrected chi connectivity index (χ3v) is 3.55. The van der Waals surface area contributed by atoms with Crippen molar-refractivity contribution in [2.45, 2.75) is 6.92 Å². The topological polar surface area (TPSA) is 35.8 Å². The number of nitrogens with one attached hydrogen (secondary N) is 1. The molecule has 0 aromatic heterocycles. The molecule has 0 fully saturated rings. The molecule has 0 amide bonds. The van der Waals surface area contributed by atoms with Crippen molar-refractivity contribution in [3.05, 3.63) is 52.4 Å². The first-order valence-electron chi connectivity index (χ1n) is 5.62. The Morgan fingerprint density at radius 1 is 1.35 bits per heavy atom. The quantitative estimate of drug-likeness (QED) is 0.884. The van der Waals surface area contributed by atoms with Gasteiger partial charge in [-0.15, -0.1) is 11.8 Å². The van der Waals surface area contributed by atoms with Gasteiger partial charge in [0.05, 0.1) is 5.57 Å². The highest BCUT2D eigenvalue weighted by atomic mass is 32.2. The molecule has 1 aliphatic rings. The van der Waals surface area contributed by atoms with Gasteiger partial charge in [0.2, 0.25) is 0 Å². The average Bonchev–Trinajstić information content (AvgIpc) is 2.40. The number of benzene rings is 1. The Balaban J connectivity index is 2.32. The Labute approximate surface area is 106 Å². The molecule has 1 heterocycles. The summed E-state index contributed by atoms with van der Waals surface area (Å²) in [7, 11) is 0. The van der Waals surface area contributed by atoms with E-state index in [1.54, 1.807) is 11.8 Å². The van der Waals surface area contributed by atoms with E-state index in [4.69, 9.17) is 5.26 Å². The fourth-order valence-corrected chi connectivity index (χ4v) is 2.53. The summed E-state index contributed by atoms with van der Waals surface area (Å²) in [6, 6.07) is 12.4. The lowest BCUT2D eigenvalue weighted by molar-refractivity contribution is 0.976. The lowest BCUT2D eigenvalue weighted by atomic mass is 10.1. The maximum Gasteiger partial charge on any atom is 0.100 e. The van der Waals surface area contributed by atoms with Crippen molar-refractivity contribution in [1.29, 1.82) is 5.26 Å². The van der Waals surface area contributed by atoms with Crippen molar-refractivity contribution in [3.8, 4) is 6.07 Å². The lowest BCUT2D eigenvalue weighted by Gasteiger charge is -2.18. The Morgan fingerprint density at radius 3 is 2.76 bits per heavy atom. The molecule has 86 valence electrons. The standard InChI is InChI=1S/C14H14N2S/c1-2-17-14-10-16-13(8-12(14)9-15)11-6-4-3-5-7-11/h3-8,16H,2,10H2,1H3. The SMILES string of the molecule is CCSC1=C(C#N)C=C(c2ccccc2)NC1. The molecule has 0 atom stereocenters. The highest BCUT2D eigenvalue weighted by Gasteiger charge is 2.13. The Kier molecular flexibility index (Phi) is 3.89. The first kappa shape index (κ1) is 11.8. The molecule has 0 radical (unpaired) electrons. The van der Waals surface area contributed by atoms with Crippen molar-refractivity contribution >= 4 is 17.5 Å². The van der Waals surface area contributed by atoms with Gasteiger partial charge in [-0.05, 0) is 17.4 Å². The van der Waals surface area contributed by atoms with Crippen LogP contribution in [0, 0.1) is 11.3 Å². The molecule has 1 aromatic rings. The number of allylic oxidation sites excluding steroid dienone is 2. The number of dihydropyridines is 1. The molecular formula is C14H14N2S. The number of nitriles is 1. The summed E-state index contributed by atoms with van der Waals surface area (Å²) in [6.07, 6.45) is 1.94. The highest BCUT2D eigenvalue weighted by molar-refractivity contribution is 8.03. The molecule has 2 rings (SSSR count). The van der Waals surface area contributed by atoms with Gasteiger partial charge in [0.1, 0.15) is 6.07 Å². The fourth-order valence-electron chi connectivity index (χ4n) is 1.75. The summed E-state index contributed by atoms with van der Waals surface area (Å²) in [6.45, 7) is 2.85. The van der Waals surface area contributed by atoms with Crippen molar-refractivity contribution in [3.63, 3.8) is 0 Å². The van der Waals surface area contributed by atoms with Gasteiger partial charge in [0.15, 0.2) is 0 Å². The van der Waals surface area contributed by atoms with Crippen LogP contribution < -0.4 is 5.32 Å². The van der Waals surface area contributed by atoms with Crippen LogP contribution in [-0.2, 0) is 0 Å². The van der Waals surface area contributed by atoms with Gasteiger partial charge >= 0.3 is 0 Å². The van der Waals surface area contributed by atoms with Crippen LogP contribution >= 0.6 is 11.8 Å². The van der Waals surface area contributed by atoms with E-state index in [0.29, 0.717) is 0 Å². The third kappa shape index (κ3) is 2.72. The van der Waals surface area contributed by atoms with Gasteiger partial charge in [-0.1, -0.05) is 37.3 Å². The summed E-state index contributed by atoms with van der Waals surface area (Å²) in [5.74, 6) is 0.997. The van der Waals surface area contributed by atoms with Crippen LogP contribution in [0.1, 0.15) is 12.5 Å². The van der Waals surface area contributed by atoms with Crippen molar-refractivity contribution < 1.29 is 0 Å². The summed E-state index contributed by atoms with van der Waals surface area (Å²) >= 11 is 1.73. The normalized spacial score (nSPS) is 14.9. The molecule has 0 unspecified atom stereocenters. The van der Waals surface area contributed by atoms with Crippen LogP contribution in [0.2, 0.25) is 0 Å². The van der Waals surface area contributed by atoms with Crippen LogP contribution in [0.3, 0.4) is 0 Å². The van der Waals surface area contributed by atoms with Gasteiger partial charge in [-0.3, -0.25) is 0 Å². The molecule has 0 bridgehead atoms. The first-order chi connectivity index (χ1) is 8.35. The molecule has 1 aliphatic heterocycles. The molecule has 0 saturated carbocycles. The van der Waals surface area contributed by atoms with E-state index in [1.165, 1.54) is 0 Å². The summed E-state index contributed by atoms with van der Waals surface area (Å²) < 4.78 is 0. The van der Waals surface area contributed by atoms with E-state index in [2.05, 4.69) is 18.3 Å². The number of nitrogens with zero attached hydrogens (tertiary/aromatic N) is 1. The van der Waals surface area contributed by atoms with Crippen LogP contribution in [0.4, 0.5) is 0 Å². The third-order valence-electron chi connectivity index (χ3n) is 2.55. The zero-order valence-electron chi connectivity index (χ0n) is 9.73. The van der Waals surface area contributed by atoms with E-state index >= 15 is 0 Å². The molecule has 1 aromatic carbocycles. The maximum absolute atomic E-state index is 9.16. The Hall–Kier alpha value is -1.66. The second-order valence-electron chi connectivity index (χ2n) is 3.66. The van der Waals surface area contributed by atoms with Gasteiger partial charge in [-0.2, -0.15) is 5.26 Å². The molecule has 1 N–H and O–H groups in total. The minimum atomic E-state index is 0.752. The lowest BCUT2D eigenvalue weighted by Crippen LogP contribution is -2.19. The Bertz CT molecular complexity index is 495. The minimum absolute atomic E-state index is 0.752. The maximum atomic E-state index is 9.16. The predicted molar refractivity (Wildman–Crippen MR) is 73.2 cm³/mol. The average molecular weight is 242 g/mol. The Morgan fingerprint density at radius 2 is 2.12 bits per heavy atom. The molecule has 3 heteroatoms. The van der Waals surface area contributed by atoms with E-state index in [-0.39, 0.29) is 0 Å². The van der Waals surface area contributed by atoms with Crippen molar-refractivity contribution in [1.82, 2.24) is 5.32 Å². The van der Waals surface area contributed by atoms with Crippen molar-refractivity contribution in [2.24, 2.45) is 0 Å². The van der Waals surface area contributed by atoms with Gasteiger partial charge in [-0.25, -0.2) is 0 Å². The predicted octanol–water partition coefficient (Wildman–Crippen LogP) is 3.16. The fraction of sp³-hybridized carbons (Fsp3) is 0.214. The van der Waals surface area contributed by atoms with Crippen LogP contribution in [0.25, 0.3) is 5.70 Å². The van der Waals surface area contributed by atoms with E-state index in [1.807, 2.05) is 36.4 Å². The zero-order valence-corrected chi connectivity index (χ0v) is 10.6. The minimum Gasteiger partial charge on any atom is -0.380 e. The molecule has 0 spiro atoms. The van der Waals surface area contributed by atoms with E-state index in [0.717, 1.165) is 34.0 Å². The molecule has 0 saturated heterocycles. The van der Waals surface area contributed by atoms with Crippen molar-refractivity contribution in [2.75, 3.05) is 12.3 Å². The highest BCUT2D eigenvalue weighted by Crippen LogP contribution is 2.26. The monoisotopic (exact) mass is 242 g/mol. The molecule has 17 heavy (non-hydrogen) atoms.